The number of fused-ring (bicyclic) bond motifs is 1. The molecule has 0 atom stereocenters. The molecule has 0 saturated carbocycles. The molecular weight excluding hydrogens is 374 g/mol. The summed E-state index contributed by atoms with van der Waals surface area (Å²) in [6, 6.07) is 8.93. The number of benzene rings is 2. The first-order valence-corrected chi connectivity index (χ1v) is 8.28. The van der Waals surface area contributed by atoms with Crippen LogP contribution in [0.5, 0.6) is 17.2 Å². The Bertz CT molecular complexity index is 1020. The van der Waals surface area contributed by atoms with E-state index in [0.29, 0.717) is 11.5 Å². The highest BCUT2D eigenvalue weighted by molar-refractivity contribution is 5.91. The van der Waals surface area contributed by atoms with Crippen molar-refractivity contribution in [2.24, 2.45) is 0 Å². The first kappa shape index (κ1) is 17.8. The minimum absolute atomic E-state index is 0.0408. The minimum Gasteiger partial charge on any atom is -0.481 e. The van der Waals surface area contributed by atoms with Crippen LogP contribution >= 0.6 is 0 Å². The molecule has 1 N–H and O–H groups in total. The third-order valence-corrected chi connectivity index (χ3v) is 3.94. The lowest BCUT2D eigenvalue weighted by atomic mass is 10.2. The van der Waals surface area contributed by atoms with Gasteiger partial charge < -0.3 is 23.9 Å². The molecule has 0 aliphatic carbocycles. The maximum atomic E-state index is 13.6. The molecule has 2 aromatic carbocycles. The van der Waals surface area contributed by atoms with Crippen LogP contribution < -0.4 is 19.5 Å². The van der Waals surface area contributed by atoms with Crippen molar-refractivity contribution < 1.29 is 32.2 Å². The molecule has 7 nitrogen and oxygen atoms in total. The number of halogens is 2. The van der Waals surface area contributed by atoms with Gasteiger partial charge in [-0.25, -0.2) is 9.37 Å². The van der Waals surface area contributed by atoms with E-state index < -0.39 is 17.5 Å². The van der Waals surface area contributed by atoms with Crippen molar-refractivity contribution in [1.29, 1.82) is 0 Å². The van der Waals surface area contributed by atoms with Gasteiger partial charge >= 0.3 is 0 Å². The fourth-order valence-corrected chi connectivity index (χ4v) is 2.54. The van der Waals surface area contributed by atoms with Crippen LogP contribution in [-0.4, -0.2) is 17.7 Å². The molecule has 2 heterocycles. The molecule has 0 unspecified atom stereocenters. The number of carbonyl (C=O) groups is 1. The second-order valence-electron chi connectivity index (χ2n) is 5.84. The highest BCUT2D eigenvalue weighted by Gasteiger charge is 2.16. The van der Waals surface area contributed by atoms with Crippen LogP contribution in [0.25, 0.3) is 0 Å². The van der Waals surface area contributed by atoms with Gasteiger partial charge in [-0.05, 0) is 29.8 Å². The zero-order chi connectivity index (χ0) is 19.5. The van der Waals surface area contributed by atoms with E-state index >= 15 is 0 Å². The van der Waals surface area contributed by atoms with E-state index in [1.807, 2.05) is 6.07 Å². The van der Waals surface area contributed by atoms with Crippen molar-refractivity contribution in [3.63, 3.8) is 0 Å². The monoisotopic (exact) mass is 388 g/mol. The first-order chi connectivity index (χ1) is 13.6. The molecule has 3 aromatic rings. The third-order valence-electron chi connectivity index (χ3n) is 3.94. The van der Waals surface area contributed by atoms with Gasteiger partial charge in [0.2, 0.25) is 18.5 Å². The van der Waals surface area contributed by atoms with Crippen LogP contribution in [0.4, 0.5) is 8.78 Å². The number of carbonyl (C=O) groups excluding carboxylic acids is 1. The van der Waals surface area contributed by atoms with E-state index in [1.54, 1.807) is 12.1 Å². The molecule has 0 radical (unpaired) electrons. The molecule has 144 valence electrons. The van der Waals surface area contributed by atoms with Gasteiger partial charge in [0.25, 0.3) is 5.91 Å². The smallest absolute Gasteiger partial charge is 0.273 e. The Kier molecular flexibility index (Phi) is 4.79. The molecule has 28 heavy (non-hydrogen) atoms. The van der Waals surface area contributed by atoms with Gasteiger partial charge in [-0.2, -0.15) is 4.39 Å². The molecular formula is C19H14F2N2O5. The zero-order valence-electron chi connectivity index (χ0n) is 14.4. The maximum Gasteiger partial charge on any atom is 0.273 e. The average Bonchev–Trinajstić information content (AvgIpc) is 3.36. The summed E-state index contributed by atoms with van der Waals surface area (Å²) in [4.78, 5) is 16.2. The van der Waals surface area contributed by atoms with Crippen LogP contribution in [0.3, 0.4) is 0 Å². The number of ether oxygens (including phenoxy) is 3. The Morgan fingerprint density at radius 3 is 2.93 bits per heavy atom. The van der Waals surface area contributed by atoms with E-state index in [9.17, 15) is 13.6 Å². The fourth-order valence-electron chi connectivity index (χ4n) is 2.54. The summed E-state index contributed by atoms with van der Waals surface area (Å²) >= 11 is 0. The van der Waals surface area contributed by atoms with Crippen molar-refractivity contribution in [1.82, 2.24) is 10.3 Å². The summed E-state index contributed by atoms with van der Waals surface area (Å²) in [6.07, 6.45) is 1.16. The summed E-state index contributed by atoms with van der Waals surface area (Å²) in [7, 11) is 0. The lowest BCUT2D eigenvalue weighted by Crippen LogP contribution is -2.23. The second-order valence-corrected chi connectivity index (χ2v) is 5.84. The molecule has 0 fully saturated rings. The van der Waals surface area contributed by atoms with E-state index in [2.05, 4.69) is 10.3 Å². The molecule has 1 amide bonds. The van der Waals surface area contributed by atoms with E-state index in [1.165, 1.54) is 12.1 Å². The van der Waals surface area contributed by atoms with Gasteiger partial charge in [0.15, 0.2) is 35.4 Å². The lowest BCUT2D eigenvalue weighted by molar-refractivity contribution is 0.0945. The summed E-state index contributed by atoms with van der Waals surface area (Å²) in [5.74, 6) is -1.51. The van der Waals surface area contributed by atoms with Crippen molar-refractivity contribution in [2.75, 3.05) is 6.79 Å². The Morgan fingerprint density at radius 2 is 2.04 bits per heavy atom. The number of hydrogen-bond donors (Lipinski definition) is 1. The van der Waals surface area contributed by atoms with Gasteiger partial charge in [0.1, 0.15) is 6.26 Å². The largest absolute Gasteiger partial charge is 0.481 e. The van der Waals surface area contributed by atoms with Crippen molar-refractivity contribution in [3.8, 4) is 17.2 Å². The lowest BCUT2D eigenvalue weighted by Gasteiger charge is -2.05. The Labute approximate surface area is 157 Å². The normalized spacial score (nSPS) is 12.1. The molecule has 4 rings (SSSR count). The third kappa shape index (κ3) is 3.73. The van der Waals surface area contributed by atoms with Gasteiger partial charge in [-0.1, -0.05) is 12.1 Å². The molecule has 0 bridgehead atoms. The van der Waals surface area contributed by atoms with E-state index in [4.69, 9.17) is 18.6 Å². The molecule has 0 saturated heterocycles. The topological polar surface area (TPSA) is 82.8 Å². The van der Waals surface area contributed by atoms with E-state index in [0.717, 1.165) is 17.9 Å². The SMILES string of the molecule is O=C(NCc1ccc2c(c1)OCO2)c1coc(COc2cccc(F)c2F)n1. The van der Waals surface area contributed by atoms with Gasteiger partial charge in [-0.15, -0.1) is 0 Å². The van der Waals surface area contributed by atoms with Gasteiger partial charge in [-0.3, -0.25) is 4.79 Å². The second kappa shape index (κ2) is 7.55. The quantitative estimate of drug-likeness (QED) is 0.698. The van der Waals surface area contributed by atoms with Crippen molar-refractivity contribution in [3.05, 3.63) is 71.4 Å². The summed E-state index contributed by atoms with van der Waals surface area (Å²) in [5, 5.41) is 2.70. The van der Waals surface area contributed by atoms with Crippen LogP contribution in [0.2, 0.25) is 0 Å². The van der Waals surface area contributed by atoms with Crippen molar-refractivity contribution >= 4 is 5.91 Å². The van der Waals surface area contributed by atoms with Crippen LogP contribution in [0.1, 0.15) is 21.9 Å². The van der Waals surface area contributed by atoms with Crippen LogP contribution in [0, 0.1) is 11.6 Å². The summed E-state index contributed by atoms with van der Waals surface area (Å²) in [6.45, 7) is 0.174. The first-order valence-electron chi connectivity index (χ1n) is 8.28. The van der Waals surface area contributed by atoms with Crippen LogP contribution in [-0.2, 0) is 13.2 Å². The molecule has 1 aliphatic rings. The zero-order valence-corrected chi connectivity index (χ0v) is 14.4. The number of nitrogens with one attached hydrogen (secondary N) is 1. The Hall–Kier alpha value is -3.62. The number of nitrogens with zero attached hydrogens (tertiary/aromatic N) is 1. The van der Waals surface area contributed by atoms with E-state index in [-0.39, 0.29) is 37.3 Å². The number of amides is 1. The minimum atomic E-state index is -1.10. The standard InChI is InChI=1S/C19H14F2N2O5/c20-12-2-1-3-15(18(12)21)25-9-17-23-13(8-26-17)19(24)22-7-11-4-5-14-16(6-11)28-10-27-14/h1-6,8H,7,9-10H2,(H,22,24). The number of aromatic nitrogens is 1. The number of oxazole rings is 1. The van der Waals surface area contributed by atoms with Crippen LogP contribution in [0.15, 0.2) is 47.1 Å². The van der Waals surface area contributed by atoms with Crippen molar-refractivity contribution in [2.45, 2.75) is 13.2 Å². The predicted octanol–water partition coefficient (Wildman–Crippen LogP) is 3.19. The molecule has 1 aliphatic heterocycles. The number of hydrogen-bond acceptors (Lipinski definition) is 6. The summed E-state index contributed by atoms with van der Waals surface area (Å²) < 4.78 is 47.5. The Morgan fingerprint density at radius 1 is 1.18 bits per heavy atom. The van der Waals surface area contributed by atoms with Gasteiger partial charge in [0, 0.05) is 6.54 Å². The molecule has 1 aromatic heterocycles. The molecule has 9 heteroatoms. The van der Waals surface area contributed by atoms with Gasteiger partial charge in [0.05, 0.1) is 0 Å². The highest BCUT2D eigenvalue weighted by Crippen LogP contribution is 2.32. The predicted molar refractivity (Wildman–Crippen MR) is 90.9 cm³/mol. The Balaban J connectivity index is 1.33. The maximum absolute atomic E-state index is 13.6. The highest BCUT2D eigenvalue weighted by atomic mass is 19.2. The molecule has 0 spiro atoms. The summed E-state index contributed by atoms with van der Waals surface area (Å²) in [5.41, 5.74) is 0.866. The average molecular weight is 388 g/mol. The fraction of sp³-hybridized carbons (Fsp3) is 0.158. The number of rotatable bonds is 6.